The molecule has 0 aliphatic carbocycles. The van der Waals surface area contributed by atoms with Crippen LogP contribution in [0.2, 0.25) is 0 Å². The molecular weight excluding hydrogens is 244 g/mol. The molecule has 0 unspecified atom stereocenters. The van der Waals surface area contributed by atoms with Gasteiger partial charge in [-0.15, -0.1) is 11.3 Å². The predicted molar refractivity (Wildman–Crippen MR) is 76.0 cm³/mol. The van der Waals surface area contributed by atoms with Gasteiger partial charge in [-0.1, -0.05) is 12.8 Å². The van der Waals surface area contributed by atoms with E-state index < -0.39 is 5.60 Å². The molecule has 102 valence electrons. The second kappa shape index (κ2) is 6.13. The Morgan fingerprint density at radius 1 is 1.28 bits per heavy atom. The lowest BCUT2D eigenvalue weighted by atomic mass is 10.1. The van der Waals surface area contributed by atoms with Crippen LogP contribution in [0.1, 0.15) is 50.2 Å². The van der Waals surface area contributed by atoms with Crippen molar-refractivity contribution in [2.75, 3.05) is 19.6 Å². The summed E-state index contributed by atoms with van der Waals surface area (Å²) in [5.74, 6) is 0. The van der Waals surface area contributed by atoms with E-state index in [-0.39, 0.29) is 0 Å². The molecule has 2 heterocycles. The van der Waals surface area contributed by atoms with Crippen molar-refractivity contribution in [1.29, 1.82) is 0 Å². The molecule has 1 fully saturated rings. The summed E-state index contributed by atoms with van der Waals surface area (Å²) in [5, 5.41) is 13.0. The average Bonchev–Trinajstić information content (AvgIpc) is 2.64. The molecule has 1 N–H and O–H groups in total. The lowest BCUT2D eigenvalue weighted by Gasteiger charge is -2.18. The number of hydrogen-bond acceptors (Lipinski definition) is 4. The van der Waals surface area contributed by atoms with E-state index in [1.807, 2.05) is 5.38 Å². The topological polar surface area (TPSA) is 36.4 Å². The molecule has 3 nitrogen and oxygen atoms in total. The van der Waals surface area contributed by atoms with Crippen LogP contribution in [-0.4, -0.2) is 34.6 Å². The van der Waals surface area contributed by atoms with Crippen LogP contribution in [0.4, 0.5) is 0 Å². The van der Waals surface area contributed by atoms with Gasteiger partial charge >= 0.3 is 0 Å². The number of hydrogen-bond donors (Lipinski definition) is 1. The lowest BCUT2D eigenvalue weighted by Crippen LogP contribution is -2.27. The van der Waals surface area contributed by atoms with E-state index in [0.717, 1.165) is 23.7 Å². The van der Waals surface area contributed by atoms with E-state index in [9.17, 15) is 5.11 Å². The Bertz CT molecular complexity index is 362. The molecule has 1 aliphatic heterocycles. The van der Waals surface area contributed by atoms with Crippen molar-refractivity contribution in [3.63, 3.8) is 0 Å². The summed E-state index contributed by atoms with van der Waals surface area (Å²) in [7, 11) is 0. The smallest absolute Gasteiger partial charge is 0.102 e. The second-order valence-electron chi connectivity index (χ2n) is 5.69. The van der Waals surface area contributed by atoms with E-state index in [2.05, 4.69) is 9.88 Å². The fraction of sp³-hybridized carbons (Fsp3) is 0.786. The number of likely N-dealkylation sites (tertiary alicyclic amines) is 1. The Balaban J connectivity index is 1.84. The first-order chi connectivity index (χ1) is 8.55. The van der Waals surface area contributed by atoms with Crippen molar-refractivity contribution in [1.82, 2.24) is 9.88 Å². The summed E-state index contributed by atoms with van der Waals surface area (Å²) in [6, 6.07) is 0. The molecule has 0 bridgehead atoms. The molecule has 4 heteroatoms. The molecule has 1 aromatic heterocycles. The predicted octanol–water partition coefficient (Wildman–Crippen LogP) is 2.79. The zero-order valence-electron chi connectivity index (χ0n) is 11.5. The third kappa shape index (κ3) is 4.04. The lowest BCUT2D eigenvalue weighted by molar-refractivity contribution is 0.0743. The molecule has 1 saturated heterocycles. The van der Waals surface area contributed by atoms with Gasteiger partial charge in [0.25, 0.3) is 0 Å². The fourth-order valence-electron chi connectivity index (χ4n) is 2.32. The third-order valence-electron chi connectivity index (χ3n) is 3.52. The van der Waals surface area contributed by atoms with Crippen molar-refractivity contribution in [2.24, 2.45) is 0 Å². The molecule has 0 aromatic carbocycles. The van der Waals surface area contributed by atoms with Gasteiger partial charge in [0.1, 0.15) is 5.60 Å². The molecule has 0 saturated carbocycles. The Hall–Kier alpha value is -0.450. The summed E-state index contributed by atoms with van der Waals surface area (Å²) in [6.45, 7) is 7.17. The van der Waals surface area contributed by atoms with Gasteiger partial charge < -0.3 is 10.0 Å². The van der Waals surface area contributed by atoms with E-state index in [1.165, 1.54) is 38.8 Å². The summed E-state index contributed by atoms with van der Waals surface area (Å²) in [4.78, 5) is 7.08. The molecule has 0 spiro atoms. The Kier molecular flexibility index (Phi) is 4.76. The first kappa shape index (κ1) is 14.0. The first-order valence-corrected chi connectivity index (χ1v) is 7.83. The van der Waals surface area contributed by atoms with E-state index >= 15 is 0 Å². The molecule has 2 rings (SSSR count). The maximum Gasteiger partial charge on any atom is 0.102 e. The Morgan fingerprint density at radius 3 is 2.50 bits per heavy atom. The fourth-order valence-corrected chi connectivity index (χ4v) is 3.27. The van der Waals surface area contributed by atoms with E-state index in [4.69, 9.17) is 0 Å². The standard InChI is InChI=1S/C14H24N2OS/c1-14(2,17)12-11-18-13(15-12)7-10-16-8-5-3-4-6-9-16/h11,17H,3-10H2,1-2H3. The van der Waals surface area contributed by atoms with Crippen LogP contribution >= 0.6 is 11.3 Å². The number of rotatable bonds is 4. The molecule has 1 aromatic rings. The maximum absolute atomic E-state index is 9.89. The van der Waals surface area contributed by atoms with Crippen molar-refractivity contribution in [3.05, 3.63) is 16.1 Å². The second-order valence-corrected chi connectivity index (χ2v) is 6.63. The van der Waals surface area contributed by atoms with Gasteiger partial charge in [0.2, 0.25) is 0 Å². The largest absolute Gasteiger partial charge is 0.384 e. The van der Waals surface area contributed by atoms with Crippen LogP contribution in [0.3, 0.4) is 0 Å². The van der Waals surface area contributed by atoms with Gasteiger partial charge in [-0.25, -0.2) is 4.98 Å². The summed E-state index contributed by atoms with van der Waals surface area (Å²) in [5.41, 5.74) is -0.00414. The highest BCUT2D eigenvalue weighted by Crippen LogP contribution is 2.22. The number of aliphatic hydroxyl groups is 1. The van der Waals surface area contributed by atoms with Gasteiger partial charge in [0.15, 0.2) is 0 Å². The summed E-state index contributed by atoms with van der Waals surface area (Å²) >= 11 is 1.67. The van der Waals surface area contributed by atoms with Gasteiger partial charge in [-0.2, -0.15) is 0 Å². The minimum absolute atomic E-state index is 0.804. The van der Waals surface area contributed by atoms with Gasteiger partial charge in [0.05, 0.1) is 10.7 Å². The minimum atomic E-state index is -0.808. The molecule has 0 radical (unpaired) electrons. The molecular formula is C14H24N2OS. The van der Waals surface area contributed by atoms with Crippen LogP contribution in [0, 0.1) is 0 Å². The van der Waals surface area contributed by atoms with Crippen LogP contribution in [0.5, 0.6) is 0 Å². The number of aromatic nitrogens is 1. The minimum Gasteiger partial charge on any atom is -0.384 e. The molecule has 0 atom stereocenters. The van der Waals surface area contributed by atoms with Crippen molar-refractivity contribution in [3.8, 4) is 0 Å². The van der Waals surface area contributed by atoms with E-state index in [1.54, 1.807) is 25.2 Å². The van der Waals surface area contributed by atoms with Crippen molar-refractivity contribution in [2.45, 2.75) is 51.6 Å². The van der Waals surface area contributed by atoms with E-state index in [0.29, 0.717) is 0 Å². The molecule has 1 aliphatic rings. The Morgan fingerprint density at radius 2 is 1.94 bits per heavy atom. The monoisotopic (exact) mass is 268 g/mol. The summed E-state index contributed by atoms with van der Waals surface area (Å²) in [6.07, 6.45) is 6.47. The third-order valence-corrected chi connectivity index (χ3v) is 4.43. The summed E-state index contributed by atoms with van der Waals surface area (Å²) < 4.78 is 0. The van der Waals surface area contributed by atoms with Gasteiger partial charge in [0, 0.05) is 18.3 Å². The highest BCUT2D eigenvalue weighted by atomic mass is 32.1. The normalized spacial score (nSPS) is 18.8. The number of thiazole rings is 1. The van der Waals surface area contributed by atoms with Crippen LogP contribution in [-0.2, 0) is 12.0 Å². The maximum atomic E-state index is 9.89. The van der Waals surface area contributed by atoms with Crippen molar-refractivity contribution < 1.29 is 5.11 Å². The van der Waals surface area contributed by atoms with Crippen LogP contribution < -0.4 is 0 Å². The van der Waals surface area contributed by atoms with Crippen LogP contribution in [0.15, 0.2) is 5.38 Å². The molecule has 18 heavy (non-hydrogen) atoms. The quantitative estimate of drug-likeness (QED) is 0.912. The SMILES string of the molecule is CC(C)(O)c1csc(CCN2CCCCCC2)n1. The first-order valence-electron chi connectivity index (χ1n) is 6.95. The molecule has 0 amide bonds. The zero-order chi connectivity index (χ0) is 13.0. The highest BCUT2D eigenvalue weighted by molar-refractivity contribution is 7.09. The van der Waals surface area contributed by atoms with Gasteiger partial charge in [-0.3, -0.25) is 0 Å². The highest BCUT2D eigenvalue weighted by Gasteiger charge is 2.19. The Labute approximate surface area is 114 Å². The number of nitrogens with zero attached hydrogens (tertiary/aromatic N) is 2. The van der Waals surface area contributed by atoms with Crippen LogP contribution in [0.25, 0.3) is 0 Å². The van der Waals surface area contributed by atoms with Gasteiger partial charge in [-0.05, 0) is 39.8 Å². The zero-order valence-corrected chi connectivity index (χ0v) is 12.3. The average molecular weight is 268 g/mol. The van der Waals surface area contributed by atoms with Crippen molar-refractivity contribution >= 4 is 11.3 Å².